The van der Waals surface area contributed by atoms with Crippen LogP contribution in [0.5, 0.6) is 0 Å². The van der Waals surface area contributed by atoms with Gasteiger partial charge in [-0.3, -0.25) is 14.9 Å². The molecular weight excluding hydrogens is 394 g/mol. The molecule has 0 saturated carbocycles. The van der Waals surface area contributed by atoms with Gasteiger partial charge in [-0.2, -0.15) is 4.98 Å². The van der Waals surface area contributed by atoms with E-state index in [1.807, 2.05) is 30.3 Å². The predicted molar refractivity (Wildman–Crippen MR) is 104 cm³/mol. The molecule has 4 aromatic rings. The zero-order valence-electron chi connectivity index (χ0n) is 15.0. The van der Waals surface area contributed by atoms with Crippen molar-refractivity contribution < 1.29 is 18.5 Å². The first-order chi connectivity index (χ1) is 14.2. The summed E-state index contributed by atoms with van der Waals surface area (Å²) in [5, 5.41) is 11.3. The standard InChI is InChI=1S/C19H15N5O4S/c25-15(20-10-16-22-17(24-28-16)12-5-2-1-3-6-12)9-13-11-29-19(21-13)23-18(26)14-7-4-8-27-14/h1-8,11H,9-10H2,(H,20,25)(H,21,23,26). The number of carbonyl (C=O) groups is 2. The highest BCUT2D eigenvalue weighted by Crippen LogP contribution is 2.17. The average molecular weight is 409 g/mol. The van der Waals surface area contributed by atoms with Crippen LogP contribution in [0.15, 0.2) is 63.0 Å². The minimum Gasteiger partial charge on any atom is -0.459 e. The van der Waals surface area contributed by atoms with Gasteiger partial charge in [-0.05, 0) is 12.1 Å². The summed E-state index contributed by atoms with van der Waals surface area (Å²) < 4.78 is 10.2. The van der Waals surface area contributed by atoms with E-state index in [4.69, 9.17) is 8.94 Å². The normalized spacial score (nSPS) is 10.6. The molecule has 146 valence electrons. The summed E-state index contributed by atoms with van der Waals surface area (Å²) in [5.41, 5.74) is 1.37. The van der Waals surface area contributed by atoms with E-state index in [0.29, 0.717) is 22.5 Å². The third-order valence-corrected chi connectivity index (χ3v) is 4.60. The lowest BCUT2D eigenvalue weighted by Gasteiger charge is -2.00. The molecule has 0 aliphatic rings. The molecule has 9 nitrogen and oxygen atoms in total. The van der Waals surface area contributed by atoms with Crippen LogP contribution in [0.25, 0.3) is 11.4 Å². The Bertz CT molecular complexity index is 1100. The lowest BCUT2D eigenvalue weighted by Crippen LogP contribution is -2.24. The van der Waals surface area contributed by atoms with E-state index < -0.39 is 5.91 Å². The van der Waals surface area contributed by atoms with E-state index in [1.54, 1.807) is 17.5 Å². The van der Waals surface area contributed by atoms with Gasteiger partial charge >= 0.3 is 0 Å². The number of carbonyl (C=O) groups excluding carboxylic acids is 2. The van der Waals surface area contributed by atoms with Crippen LogP contribution in [0.3, 0.4) is 0 Å². The quantitative estimate of drug-likeness (QED) is 0.481. The Labute approximate surface area is 168 Å². The van der Waals surface area contributed by atoms with Gasteiger partial charge in [0.15, 0.2) is 10.9 Å². The van der Waals surface area contributed by atoms with Crippen molar-refractivity contribution in [2.24, 2.45) is 0 Å². The van der Waals surface area contributed by atoms with Crippen molar-refractivity contribution >= 4 is 28.3 Å². The summed E-state index contributed by atoms with van der Waals surface area (Å²) in [6, 6.07) is 12.6. The molecule has 4 rings (SSSR count). The minimum absolute atomic E-state index is 0.0623. The molecule has 0 aliphatic carbocycles. The number of anilines is 1. The maximum atomic E-state index is 12.1. The summed E-state index contributed by atoms with van der Waals surface area (Å²) in [5.74, 6) is 0.312. The second-order valence-corrected chi connectivity index (χ2v) is 6.76. The maximum Gasteiger partial charge on any atom is 0.293 e. The van der Waals surface area contributed by atoms with Crippen molar-refractivity contribution in [1.82, 2.24) is 20.4 Å². The molecule has 0 spiro atoms. The highest BCUT2D eigenvalue weighted by molar-refractivity contribution is 7.14. The first-order valence-electron chi connectivity index (χ1n) is 8.61. The highest BCUT2D eigenvalue weighted by Gasteiger charge is 2.14. The first kappa shape index (κ1) is 18.6. The maximum absolute atomic E-state index is 12.1. The highest BCUT2D eigenvalue weighted by atomic mass is 32.1. The Hall–Kier alpha value is -3.79. The molecule has 1 aromatic carbocycles. The molecule has 0 saturated heterocycles. The number of aromatic nitrogens is 3. The number of thiazole rings is 1. The zero-order chi connectivity index (χ0) is 20.1. The van der Waals surface area contributed by atoms with E-state index >= 15 is 0 Å². The molecule has 0 radical (unpaired) electrons. The monoisotopic (exact) mass is 409 g/mol. The number of nitrogens with one attached hydrogen (secondary N) is 2. The molecule has 0 unspecified atom stereocenters. The molecule has 0 bridgehead atoms. The fraction of sp³-hybridized carbons (Fsp3) is 0.105. The van der Waals surface area contributed by atoms with Crippen molar-refractivity contribution in [3.63, 3.8) is 0 Å². The van der Waals surface area contributed by atoms with Gasteiger partial charge in [0.2, 0.25) is 17.6 Å². The van der Waals surface area contributed by atoms with Gasteiger partial charge in [0, 0.05) is 10.9 Å². The van der Waals surface area contributed by atoms with Gasteiger partial charge < -0.3 is 14.3 Å². The molecule has 0 aliphatic heterocycles. The number of rotatable bonds is 7. The second-order valence-electron chi connectivity index (χ2n) is 5.91. The molecule has 29 heavy (non-hydrogen) atoms. The fourth-order valence-electron chi connectivity index (χ4n) is 2.44. The van der Waals surface area contributed by atoms with Gasteiger partial charge in [0.25, 0.3) is 5.91 Å². The second kappa shape index (κ2) is 8.48. The van der Waals surface area contributed by atoms with Crippen LogP contribution in [-0.2, 0) is 17.8 Å². The summed E-state index contributed by atoms with van der Waals surface area (Å²) in [7, 11) is 0. The third kappa shape index (κ3) is 4.74. The van der Waals surface area contributed by atoms with Gasteiger partial charge in [-0.15, -0.1) is 11.3 Å². The summed E-state index contributed by atoms with van der Waals surface area (Å²) >= 11 is 1.23. The molecule has 2 N–H and O–H groups in total. The van der Waals surface area contributed by atoms with E-state index in [9.17, 15) is 9.59 Å². The lowest BCUT2D eigenvalue weighted by molar-refractivity contribution is -0.120. The molecule has 0 atom stereocenters. The van der Waals surface area contributed by atoms with Crippen LogP contribution in [0.4, 0.5) is 5.13 Å². The van der Waals surface area contributed by atoms with Crippen LogP contribution >= 0.6 is 11.3 Å². The number of amides is 2. The lowest BCUT2D eigenvalue weighted by atomic mass is 10.2. The molecule has 3 aromatic heterocycles. The molecular formula is C19H15N5O4S. The Morgan fingerprint density at radius 1 is 1.07 bits per heavy atom. The minimum atomic E-state index is -0.397. The number of hydrogen-bond donors (Lipinski definition) is 2. The summed E-state index contributed by atoms with van der Waals surface area (Å²) in [4.78, 5) is 32.6. The van der Waals surface area contributed by atoms with Gasteiger partial charge in [-0.25, -0.2) is 4.98 Å². The molecule has 3 heterocycles. The van der Waals surface area contributed by atoms with E-state index in [-0.39, 0.29) is 24.6 Å². The fourth-order valence-corrected chi connectivity index (χ4v) is 3.15. The van der Waals surface area contributed by atoms with E-state index in [1.165, 1.54) is 17.6 Å². The van der Waals surface area contributed by atoms with Crippen molar-refractivity contribution in [1.29, 1.82) is 0 Å². The number of furan rings is 1. The molecule has 0 fully saturated rings. The SMILES string of the molecule is O=C(Cc1csc(NC(=O)c2ccco2)n1)NCc1nc(-c2ccccc2)no1. The smallest absolute Gasteiger partial charge is 0.293 e. The average Bonchev–Trinajstić information content (AvgIpc) is 3.49. The molecule has 10 heteroatoms. The topological polar surface area (TPSA) is 123 Å². The van der Waals surface area contributed by atoms with Crippen LogP contribution in [0, 0.1) is 0 Å². The van der Waals surface area contributed by atoms with Crippen LogP contribution in [0.1, 0.15) is 22.1 Å². The number of benzene rings is 1. The summed E-state index contributed by atoms with van der Waals surface area (Å²) in [6.07, 6.45) is 1.48. The van der Waals surface area contributed by atoms with Crippen molar-refractivity contribution in [3.8, 4) is 11.4 Å². The van der Waals surface area contributed by atoms with Crippen molar-refractivity contribution in [2.75, 3.05) is 5.32 Å². The Balaban J connectivity index is 1.28. The summed E-state index contributed by atoms with van der Waals surface area (Å²) in [6.45, 7) is 0.116. The Kier molecular flexibility index (Phi) is 5.43. The van der Waals surface area contributed by atoms with Gasteiger partial charge in [0.05, 0.1) is 24.9 Å². The zero-order valence-corrected chi connectivity index (χ0v) is 15.8. The van der Waals surface area contributed by atoms with Crippen LogP contribution in [0.2, 0.25) is 0 Å². The van der Waals surface area contributed by atoms with Crippen LogP contribution < -0.4 is 10.6 Å². The number of nitrogens with zero attached hydrogens (tertiary/aromatic N) is 3. The van der Waals surface area contributed by atoms with Gasteiger partial charge in [0.1, 0.15) is 0 Å². The number of hydrogen-bond acceptors (Lipinski definition) is 8. The largest absolute Gasteiger partial charge is 0.459 e. The first-order valence-corrected chi connectivity index (χ1v) is 9.49. The third-order valence-electron chi connectivity index (χ3n) is 3.80. The van der Waals surface area contributed by atoms with E-state index in [2.05, 4.69) is 25.8 Å². The Morgan fingerprint density at radius 2 is 1.93 bits per heavy atom. The molecule has 2 amide bonds. The predicted octanol–water partition coefficient (Wildman–Crippen LogP) is 2.90. The van der Waals surface area contributed by atoms with Crippen molar-refractivity contribution in [2.45, 2.75) is 13.0 Å². The van der Waals surface area contributed by atoms with Gasteiger partial charge in [-0.1, -0.05) is 35.5 Å². The van der Waals surface area contributed by atoms with E-state index in [0.717, 1.165) is 5.56 Å². The Morgan fingerprint density at radius 3 is 2.72 bits per heavy atom. The van der Waals surface area contributed by atoms with Crippen molar-refractivity contribution in [3.05, 3.63) is 71.5 Å². The van der Waals surface area contributed by atoms with Crippen LogP contribution in [-0.4, -0.2) is 26.9 Å².